The van der Waals surface area contributed by atoms with Crippen LogP contribution < -0.4 is 0 Å². The fourth-order valence-electron chi connectivity index (χ4n) is 8.65. The Bertz CT molecular complexity index is 3580. The lowest BCUT2D eigenvalue weighted by Gasteiger charge is -2.12. The molecule has 5 heteroatoms. The van der Waals surface area contributed by atoms with Gasteiger partial charge in [-0.2, -0.15) is 0 Å². The molecule has 8 aromatic carbocycles. The zero-order valence-electron chi connectivity index (χ0n) is 32.2. The van der Waals surface area contributed by atoms with E-state index in [4.69, 9.17) is 18.8 Å². The van der Waals surface area contributed by atoms with Gasteiger partial charge in [-0.15, -0.1) is 0 Å². The zero-order valence-corrected chi connectivity index (χ0v) is 32.2. The van der Waals surface area contributed by atoms with Crippen LogP contribution >= 0.6 is 0 Å². The number of para-hydroxylation sites is 2. The standard InChI is InChI=1S/C55H33N3O2/c1-2-10-36(11-3-1)48-33-49(58-55(57-48)38-25-21-34(22-26-38)40-14-8-16-47-43(40)15-9-31-56-47)37-23-19-35(20-24-37)41-29-30-42(54-53(41)46-13-5-7-18-51(46)60-54)39-27-28-45-44-12-4-6-17-50(44)59-52(45)32-39/h1-33H. The fraction of sp³-hybridized carbons (Fsp3) is 0. The zero-order chi connectivity index (χ0) is 39.6. The van der Waals surface area contributed by atoms with E-state index in [0.717, 1.165) is 116 Å². The van der Waals surface area contributed by atoms with Crippen molar-refractivity contribution in [1.29, 1.82) is 0 Å². The normalized spacial score (nSPS) is 11.7. The van der Waals surface area contributed by atoms with Crippen LogP contribution in [0.25, 0.3) is 122 Å². The molecule has 0 atom stereocenters. The summed E-state index contributed by atoms with van der Waals surface area (Å²) >= 11 is 0. The Morgan fingerprint density at radius 1 is 0.333 bits per heavy atom. The minimum atomic E-state index is 0.671. The number of furan rings is 2. The second-order valence-corrected chi connectivity index (χ2v) is 15.1. The second-order valence-electron chi connectivity index (χ2n) is 15.1. The van der Waals surface area contributed by atoms with E-state index in [9.17, 15) is 0 Å². The van der Waals surface area contributed by atoms with Gasteiger partial charge in [0.25, 0.3) is 0 Å². The molecule has 12 rings (SSSR count). The topological polar surface area (TPSA) is 65.0 Å². The van der Waals surface area contributed by atoms with E-state index in [0.29, 0.717) is 5.82 Å². The highest BCUT2D eigenvalue weighted by Crippen LogP contribution is 2.43. The van der Waals surface area contributed by atoms with Crippen molar-refractivity contribution in [2.75, 3.05) is 0 Å². The maximum Gasteiger partial charge on any atom is 0.160 e. The fourth-order valence-corrected chi connectivity index (χ4v) is 8.65. The van der Waals surface area contributed by atoms with Crippen LogP contribution in [0.1, 0.15) is 0 Å². The van der Waals surface area contributed by atoms with E-state index in [2.05, 4.69) is 138 Å². The van der Waals surface area contributed by atoms with Crippen LogP contribution in [0.4, 0.5) is 0 Å². The second kappa shape index (κ2) is 13.8. The van der Waals surface area contributed by atoms with Crippen LogP contribution in [-0.2, 0) is 0 Å². The molecule has 0 aliphatic rings. The van der Waals surface area contributed by atoms with E-state index in [1.807, 2.05) is 66.9 Å². The summed E-state index contributed by atoms with van der Waals surface area (Å²) in [6.45, 7) is 0. The molecule has 0 fully saturated rings. The lowest BCUT2D eigenvalue weighted by atomic mass is 9.93. The molecule has 0 spiro atoms. The summed E-state index contributed by atoms with van der Waals surface area (Å²) < 4.78 is 13.0. The summed E-state index contributed by atoms with van der Waals surface area (Å²) in [4.78, 5) is 14.8. The van der Waals surface area contributed by atoms with Gasteiger partial charge in [-0.05, 0) is 76.3 Å². The molecule has 0 saturated carbocycles. The Morgan fingerprint density at radius 2 is 0.933 bits per heavy atom. The summed E-state index contributed by atoms with van der Waals surface area (Å²) in [6, 6.07) is 67.2. The summed E-state index contributed by atoms with van der Waals surface area (Å²) in [5.74, 6) is 0.671. The smallest absolute Gasteiger partial charge is 0.160 e. The Hall–Kier alpha value is -8.15. The number of pyridine rings is 1. The van der Waals surface area contributed by atoms with Crippen molar-refractivity contribution in [3.8, 4) is 67.3 Å². The molecule has 0 amide bonds. The third-order valence-corrected chi connectivity index (χ3v) is 11.6. The third-order valence-electron chi connectivity index (χ3n) is 11.6. The Balaban J connectivity index is 0.939. The minimum Gasteiger partial charge on any atom is -0.456 e. The summed E-state index contributed by atoms with van der Waals surface area (Å²) in [7, 11) is 0. The van der Waals surface area contributed by atoms with Gasteiger partial charge in [0.2, 0.25) is 0 Å². The summed E-state index contributed by atoms with van der Waals surface area (Å²) in [6.07, 6.45) is 1.83. The number of benzene rings is 8. The number of rotatable bonds is 6. The lowest BCUT2D eigenvalue weighted by Crippen LogP contribution is -1.96. The molecule has 0 aliphatic heterocycles. The molecule has 0 radical (unpaired) electrons. The van der Waals surface area contributed by atoms with Gasteiger partial charge in [0, 0.05) is 55.4 Å². The Morgan fingerprint density at radius 3 is 1.73 bits per heavy atom. The minimum absolute atomic E-state index is 0.671. The van der Waals surface area contributed by atoms with Crippen molar-refractivity contribution in [3.05, 3.63) is 200 Å². The van der Waals surface area contributed by atoms with Crippen molar-refractivity contribution >= 4 is 54.8 Å². The predicted molar refractivity (Wildman–Crippen MR) is 245 cm³/mol. The first-order valence-electron chi connectivity index (χ1n) is 20.1. The largest absolute Gasteiger partial charge is 0.456 e. The molecule has 60 heavy (non-hydrogen) atoms. The maximum absolute atomic E-state index is 6.68. The van der Waals surface area contributed by atoms with Gasteiger partial charge in [-0.25, -0.2) is 9.97 Å². The van der Waals surface area contributed by atoms with Gasteiger partial charge in [0.1, 0.15) is 22.3 Å². The molecule has 0 aliphatic carbocycles. The lowest BCUT2D eigenvalue weighted by molar-refractivity contribution is 0.668. The summed E-state index contributed by atoms with van der Waals surface area (Å²) in [5.41, 5.74) is 15.6. The van der Waals surface area contributed by atoms with E-state index in [1.165, 1.54) is 0 Å². The van der Waals surface area contributed by atoms with Crippen LogP contribution in [0, 0.1) is 0 Å². The van der Waals surface area contributed by atoms with Crippen molar-refractivity contribution in [3.63, 3.8) is 0 Å². The molecule has 4 aromatic heterocycles. The van der Waals surface area contributed by atoms with E-state index in [1.54, 1.807) is 0 Å². The van der Waals surface area contributed by atoms with Crippen molar-refractivity contribution in [2.45, 2.75) is 0 Å². The quantitative estimate of drug-likeness (QED) is 0.169. The molecule has 4 heterocycles. The molecule has 5 nitrogen and oxygen atoms in total. The maximum atomic E-state index is 6.68. The molecular weight excluding hydrogens is 735 g/mol. The number of aromatic nitrogens is 3. The van der Waals surface area contributed by atoms with Crippen LogP contribution in [0.5, 0.6) is 0 Å². The highest BCUT2D eigenvalue weighted by Gasteiger charge is 2.19. The Labute approximate surface area is 344 Å². The first-order valence-corrected chi connectivity index (χ1v) is 20.1. The Kier molecular flexibility index (Phi) is 7.78. The third kappa shape index (κ3) is 5.67. The SMILES string of the molecule is c1ccc(-c2cc(-c3ccc(-c4ccc(-c5ccc6c(c5)oc5ccccc56)c5oc6ccccc6c45)cc3)nc(-c3ccc(-c4cccc5ncccc45)cc3)n2)cc1. The average Bonchev–Trinajstić information content (AvgIpc) is 3.90. The van der Waals surface area contributed by atoms with Crippen molar-refractivity contribution in [2.24, 2.45) is 0 Å². The van der Waals surface area contributed by atoms with Gasteiger partial charge in [0.05, 0.1) is 16.9 Å². The molecule has 0 saturated heterocycles. The van der Waals surface area contributed by atoms with Gasteiger partial charge in [0.15, 0.2) is 5.82 Å². The predicted octanol–water partition coefficient (Wildman–Crippen LogP) is 14.8. The molecular formula is C55H33N3O2. The first kappa shape index (κ1) is 33.9. The van der Waals surface area contributed by atoms with Gasteiger partial charge in [-0.1, -0.05) is 146 Å². The van der Waals surface area contributed by atoms with E-state index >= 15 is 0 Å². The van der Waals surface area contributed by atoms with E-state index < -0.39 is 0 Å². The number of hydrogen-bond donors (Lipinski definition) is 0. The molecule has 0 N–H and O–H groups in total. The highest BCUT2D eigenvalue weighted by molar-refractivity contribution is 6.17. The highest BCUT2D eigenvalue weighted by atomic mass is 16.3. The van der Waals surface area contributed by atoms with Gasteiger partial charge < -0.3 is 8.83 Å². The molecule has 0 unspecified atom stereocenters. The van der Waals surface area contributed by atoms with Gasteiger partial charge >= 0.3 is 0 Å². The van der Waals surface area contributed by atoms with Crippen molar-refractivity contribution in [1.82, 2.24) is 15.0 Å². The van der Waals surface area contributed by atoms with Crippen LogP contribution in [-0.4, -0.2) is 15.0 Å². The van der Waals surface area contributed by atoms with Crippen LogP contribution in [0.15, 0.2) is 209 Å². The number of fused-ring (bicyclic) bond motifs is 7. The van der Waals surface area contributed by atoms with Gasteiger partial charge in [-0.3, -0.25) is 4.98 Å². The van der Waals surface area contributed by atoms with Crippen LogP contribution in [0.2, 0.25) is 0 Å². The van der Waals surface area contributed by atoms with Crippen molar-refractivity contribution < 1.29 is 8.83 Å². The van der Waals surface area contributed by atoms with Crippen LogP contribution in [0.3, 0.4) is 0 Å². The molecule has 280 valence electrons. The van der Waals surface area contributed by atoms with E-state index in [-0.39, 0.29) is 0 Å². The molecule has 0 bridgehead atoms. The molecule has 12 aromatic rings. The first-order chi connectivity index (χ1) is 29.7. The monoisotopic (exact) mass is 767 g/mol. The average molecular weight is 768 g/mol. The summed E-state index contributed by atoms with van der Waals surface area (Å²) in [5, 5.41) is 5.50. The number of nitrogens with zero attached hydrogens (tertiary/aromatic N) is 3. The number of hydrogen-bond acceptors (Lipinski definition) is 5.